The van der Waals surface area contributed by atoms with Crippen molar-refractivity contribution < 1.29 is 14.7 Å². The van der Waals surface area contributed by atoms with Gasteiger partial charge >= 0.3 is 6.09 Å². The van der Waals surface area contributed by atoms with Crippen molar-refractivity contribution in [3.8, 4) is 0 Å². The van der Waals surface area contributed by atoms with Crippen molar-refractivity contribution in [1.29, 1.82) is 0 Å². The number of carbonyl (C=O) groups is 1. The Balaban J connectivity index is 1.88. The molecule has 0 saturated heterocycles. The molecule has 0 aliphatic carbocycles. The van der Waals surface area contributed by atoms with Crippen molar-refractivity contribution in [1.82, 2.24) is 15.4 Å². The lowest BCUT2D eigenvalue weighted by Crippen LogP contribution is -2.39. The van der Waals surface area contributed by atoms with Gasteiger partial charge in [0.25, 0.3) is 0 Å². The minimum absolute atomic E-state index is 0.179. The van der Waals surface area contributed by atoms with Gasteiger partial charge in [0.15, 0.2) is 0 Å². The van der Waals surface area contributed by atoms with Crippen LogP contribution in [0.4, 0.5) is 4.79 Å². The monoisotopic (exact) mass is 459 g/mol. The third-order valence-corrected chi connectivity index (χ3v) is 5.04. The number of alkyl carbamates (subject to hydrolysis) is 1. The van der Waals surface area contributed by atoms with E-state index in [0.29, 0.717) is 6.54 Å². The molecule has 0 spiro atoms. The number of nitrogens with zero attached hydrogens (tertiary/aromatic N) is 1. The number of para-hydroxylation sites is 1. The normalized spacial score (nSPS) is 12.9. The number of aromatic amines is 1. The molecule has 0 saturated carbocycles. The van der Waals surface area contributed by atoms with Crippen LogP contribution < -0.4 is 5.32 Å². The minimum atomic E-state index is -0.593. The molecular weight excluding hydrogens is 434 g/mol. The van der Waals surface area contributed by atoms with Gasteiger partial charge in [-0.15, -0.1) is 0 Å². The maximum atomic E-state index is 12.2. The zero-order valence-electron chi connectivity index (χ0n) is 16.8. The first kappa shape index (κ1) is 21.4. The van der Waals surface area contributed by atoms with Crippen LogP contribution in [0.1, 0.15) is 37.9 Å². The van der Waals surface area contributed by atoms with Crippen LogP contribution in [0.5, 0.6) is 0 Å². The molecule has 0 aliphatic heterocycles. The first-order valence-corrected chi connectivity index (χ1v) is 10.3. The number of aromatic nitrogens is 1. The maximum absolute atomic E-state index is 12.2. The number of nitrogens with one attached hydrogen (secondary N) is 2. The smallest absolute Gasteiger partial charge is 0.407 e. The van der Waals surface area contributed by atoms with Crippen LogP contribution in [-0.4, -0.2) is 33.5 Å². The molecule has 2 aromatic carbocycles. The summed E-state index contributed by atoms with van der Waals surface area (Å²) in [5.74, 6) is 0. The summed E-state index contributed by atoms with van der Waals surface area (Å²) in [7, 11) is 0. The number of H-pyrrole nitrogens is 1. The molecule has 0 radical (unpaired) electrons. The van der Waals surface area contributed by atoms with Crippen molar-refractivity contribution in [3.63, 3.8) is 0 Å². The van der Waals surface area contributed by atoms with E-state index in [0.717, 1.165) is 26.6 Å². The Morgan fingerprint density at radius 3 is 2.52 bits per heavy atom. The van der Waals surface area contributed by atoms with E-state index in [1.165, 1.54) is 5.06 Å². The van der Waals surface area contributed by atoms with Crippen LogP contribution >= 0.6 is 15.9 Å². The lowest BCUT2D eigenvalue weighted by molar-refractivity contribution is -0.136. The Labute approximate surface area is 178 Å². The minimum Gasteiger partial charge on any atom is -0.444 e. The highest BCUT2D eigenvalue weighted by atomic mass is 79.9. The lowest BCUT2D eigenvalue weighted by atomic mass is 10.0. The highest BCUT2D eigenvalue weighted by Crippen LogP contribution is 2.34. The van der Waals surface area contributed by atoms with Gasteiger partial charge in [-0.1, -0.05) is 48.5 Å². The van der Waals surface area contributed by atoms with Crippen molar-refractivity contribution in [3.05, 3.63) is 70.3 Å². The molecule has 0 fully saturated rings. The molecule has 29 heavy (non-hydrogen) atoms. The Kier molecular flexibility index (Phi) is 6.62. The molecule has 0 aliphatic rings. The first-order chi connectivity index (χ1) is 13.7. The molecule has 3 aromatic rings. The first-order valence-electron chi connectivity index (χ1n) is 9.47. The fourth-order valence-electron chi connectivity index (χ4n) is 3.19. The Morgan fingerprint density at radius 1 is 1.17 bits per heavy atom. The molecule has 3 rings (SSSR count). The van der Waals surface area contributed by atoms with E-state index in [1.54, 1.807) is 0 Å². The molecule has 1 heterocycles. The number of rotatable bonds is 6. The number of hydrogen-bond acceptors (Lipinski definition) is 4. The highest BCUT2D eigenvalue weighted by molar-refractivity contribution is 9.10. The number of fused-ring (bicyclic) bond motifs is 1. The molecule has 7 heteroatoms. The second kappa shape index (κ2) is 8.98. The van der Waals surface area contributed by atoms with E-state index in [9.17, 15) is 10.0 Å². The number of halogens is 1. The van der Waals surface area contributed by atoms with Gasteiger partial charge in [-0.25, -0.2) is 4.79 Å². The lowest BCUT2D eigenvalue weighted by Gasteiger charge is -2.28. The third kappa shape index (κ3) is 5.59. The van der Waals surface area contributed by atoms with Gasteiger partial charge in [-0.3, -0.25) is 0 Å². The number of hydroxylamine groups is 2. The second-order valence-corrected chi connectivity index (χ2v) is 8.67. The van der Waals surface area contributed by atoms with Crippen molar-refractivity contribution in [2.45, 2.75) is 39.0 Å². The van der Waals surface area contributed by atoms with Crippen LogP contribution in [0.15, 0.2) is 59.2 Å². The van der Waals surface area contributed by atoms with Gasteiger partial charge in [-0.2, -0.15) is 5.06 Å². The standard InChI is InChI=1S/C22H26BrN3O3/c1-22(2,3)29-21(27)24-13-18(26(28)14-15-9-5-4-6-10-15)19-16-11-7-8-12-17(16)25-20(19)23/h4-12,18,25,28H,13-14H2,1-3H3,(H,24,27). The molecule has 1 aromatic heterocycles. The summed E-state index contributed by atoms with van der Waals surface area (Å²) in [4.78, 5) is 15.5. The van der Waals surface area contributed by atoms with E-state index in [1.807, 2.05) is 75.4 Å². The molecular formula is C22H26BrN3O3. The quantitative estimate of drug-likeness (QED) is 0.432. The zero-order chi connectivity index (χ0) is 21.0. The largest absolute Gasteiger partial charge is 0.444 e. The summed E-state index contributed by atoms with van der Waals surface area (Å²) in [5, 5.41) is 16.0. The summed E-state index contributed by atoms with van der Waals surface area (Å²) < 4.78 is 6.12. The van der Waals surface area contributed by atoms with Crippen LogP contribution in [-0.2, 0) is 11.3 Å². The molecule has 154 valence electrons. The average molecular weight is 460 g/mol. The predicted octanol–water partition coefficient (Wildman–Crippen LogP) is 5.39. The van der Waals surface area contributed by atoms with E-state index in [-0.39, 0.29) is 6.54 Å². The summed E-state index contributed by atoms with van der Waals surface area (Å²) in [6, 6.07) is 17.1. The van der Waals surface area contributed by atoms with Gasteiger partial charge in [0, 0.05) is 29.6 Å². The molecule has 6 nitrogen and oxygen atoms in total. The van der Waals surface area contributed by atoms with Crippen LogP contribution in [0.3, 0.4) is 0 Å². The van der Waals surface area contributed by atoms with Crippen molar-refractivity contribution in [2.24, 2.45) is 0 Å². The highest BCUT2D eigenvalue weighted by Gasteiger charge is 2.27. The summed E-state index contributed by atoms with van der Waals surface area (Å²) in [6.45, 7) is 5.93. The van der Waals surface area contributed by atoms with Gasteiger partial charge in [0.2, 0.25) is 0 Å². The zero-order valence-corrected chi connectivity index (χ0v) is 18.4. The van der Waals surface area contributed by atoms with E-state index >= 15 is 0 Å². The SMILES string of the molecule is CC(C)(C)OC(=O)NCC(c1c(Br)[nH]c2ccccc12)N(O)Cc1ccccc1. The number of hydrogen-bond donors (Lipinski definition) is 3. The van der Waals surface area contributed by atoms with Gasteiger partial charge in [0.1, 0.15) is 5.60 Å². The molecule has 1 atom stereocenters. The predicted molar refractivity (Wildman–Crippen MR) is 117 cm³/mol. The summed E-state index contributed by atoms with van der Waals surface area (Å²) in [6.07, 6.45) is -0.522. The average Bonchev–Trinajstić information content (AvgIpc) is 2.97. The van der Waals surface area contributed by atoms with Gasteiger partial charge < -0.3 is 20.2 Å². The van der Waals surface area contributed by atoms with E-state index in [2.05, 4.69) is 26.2 Å². The second-order valence-electron chi connectivity index (χ2n) is 7.88. The van der Waals surface area contributed by atoms with Crippen LogP contribution in [0.25, 0.3) is 10.9 Å². The van der Waals surface area contributed by atoms with Crippen LogP contribution in [0.2, 0.25) is 0 Å². The molecule has 3 N–H and O–H groups in total. The Morgan fingerprint density at radius 2 is 1.83 bits per heavy atom. The number of carbonyl (C=O) groups excluding carboxylic acids is 1. The number of benzene rings is 2. The third-order valence-electron chi connectivity index (χ3n) is 4.42. The summed E-state index contributed by atoms with van der Waals surface area (Å²) >= 11 is 3.58. The molecule has 1 amide bonds. The van der Waals surface area contributed by atoms with E-state index < -0.39 is 17.7 Å². The fraction of sp³-hybridized carbons (Fsp3) is 0.318. The number of amides is 1. The Hall–Kier alpha value is -2.35. The number of ether oxygens (including phenoxy) is 1. The molecule has 0 bridgehead atoms. The summed E-state index contributed by atoms with van der Waals surface area (Å²) in [5.41, 5.74) is 2.19. The van der Waals surface area contributed by atoms with E-state index in [4.69, 9.17) is 4.74 Å². The fourth-order valence-corrected chi connectivity index (χ4v) is 3.88. The van der Waals surface area contributed by atoms with Crippen molar-refractivity contribution in [2.75, 3.05) is 6.54 Å². The Bertz CT molecular complexity index is 966. The van der Waals surface area contributed by atoms with Gasteiger partial charge in [0.05, 0.1) is 10.6 Å². The maximum Gasteiger partial charge on any atom is 0.407 e. The van der Waals surface area contributed by atoms with Gasteiger partial charge in [-0.05, 0) is 48.3 Å². The molecule has 1 unspecified atom stereocenters. The van der Waals surface area contributed by atoms with Crippen molar-refractivity contribution >= 4 is 32.9 Å². The topological polar surface area (TPSA) is 77.6 Å². The van der Waals surface area contributed by atoms with Crippen LogP contribution in [0, 0.1) is 0 Å².